The predicted molar refractivity (Wildman–Crippen MR) is 107 cm³/mol. The normalized spacial score (nSPS) is 12.0. The fourth-order valence-electron chi connectivity index (χ4n) is 2.22. The second kappa shape index (κ2) is 9.57. The number of hydrogen-bond donors (Lipinski definition) is 2. The average molecular weight is 465 g/mol. The lowest BCUT2D eigenvalue weighted by Gasteiger charge is -2.13. The van der Waals surface area contributed by atoms with Gasteiger partial charge in [-0.2, -0.15) is 13.2 Å². The van der Waals surface area contributed by atoms with E-state index in [0.717, 1.165) is 24.3 Å². The van der Waals surface area contributed by atoms with Gasteiger partial charge in [0.15, 0.2) is 0 Å². The summed E-state index contributed by atoms with van der Waals surface area (Å²) in [5.41, 5.74) is 0.0943. The Bertz CT molecular complexity index is 994. The maximum Gasteiger partial charge on any atom is 0.405 e. The first-order valence-electron chi connectivity index (χ1n) is 8.77. The summed E-state index contributed by atoms with van der Waals surface area (Å²) in [6.07, 6.45) is -4.54. The van der Waals surface area contributed by atoms with Gasteiger partial charge >= 0.3 is 6.18 Å². The summed E-state index contributed by atoms with van der Waals surface area (Å²) in [5.74, 6) is -0.256. The molecule has 0 fully saturated rings. The van der Waals surface area contributed by atoms with Crippen molar-refractivity contribution >= 4 is 33.2 Å². The second-order valence-corrected chi connectivity index (χ2v) is 8.87. The number of hydrogen-bond acceptors (Lipinski definition) is 4. The van der Waals surface area contributed by atoms with Crippen LogP contribution in [0.25, 0.3) is 0 Å². The Labute approximate surface area is 177 Å². The number of carbonyl (C=O) groups excluding carboxylic acids is 1. The van der Waals surface area contributed by atoms with Crippen LogP contribution in [0.5, 0.6) is 5.75 Å². The molecule has 0 saturated heterocycles. The molecule has 0 aliphatic carbocycles. The van der Waals surface area contributed by atoms with Crippen molar-refractivity contribution in [1.29, 1.82) is 0 Å². The molecule has 0 aliphatic heterocycles. The standard InChI is InChI=1S/C19H20ClF3N2O4S/c1-12(2)10-29-17-8-5-14(9-16(17)20)25-30(27,28)15-6-3-13(4-7-15)18(26)24-11-19(21,22)23/h3-9,12,25H,10-11H2,1-2H3,(H,24,26). The smallest absolute Gasteiger partial charge is 0.405 e. The molecule has 0 aliphatic rings. The lowest BCUT2D eigenvalue weighted by molar-refractivity contribution is -0.123. The van der Waals surface area contributed by atoms with E-state index in [2.05, 4.69) is 4.72 Å². The van der Waals surface area contributed by atoms with Crippen LogP contribution in [-0.4, -0.2) is 33.7 Å². The van der Waals surface area contributed by atoms with E-state index in [1.165, 1.54) is 18.2 Å². The Balaban J connectivity index is 2.08. The van der Waals surface area contributed by atoms with Crippen LogP contribution in [0.15, 0.2) is 47.4 Å². The van der Waals surface area contributed by atoms with Crippen LogP contribution in [0, 0.1) is 5.92 Å². The molecule has 0 saturated carbocycles. The van der Waals surface area contributed by atoms with Gasteiger partial charge < -0.3 is 10.1 Å². The number of alkyl halides is 3. The fraction of sp³-hybridized carbons (Fsp3) is 0.316. The highest BCUT2D eigenvalue weighted by Gasteiger charge is 2.28. The molecule has 0 aromatic heterocycles. The first kappa shape index (κ1) is 23.8. The van der Waals surface area contributed by atoms with Crippen molar-refractivity contribution in [3.8, 4) is 5.75 Å². The van der Waals surface area contributed by atoms with Crippen LogP contribution in [-0.2, 0) is 10.0 Å². The van der Waals surface area contributed by atoms with Gasteiger partial charge in [-0.15, -0.1) is 0 Å². The number of nitrogens with one attached hydrogen (secondary N) is 2. The van der Waals surface area contributed by atoms with E-state index in [1.54, 1.807) is 5.32 Å². The molecular formula is C19H20ClF3N2O4S. The van der Waals surface area contributed by atoms with E-state index in [0.29, 0.717) is 12.4 Å². The third-order valence-corrected chi connectivity index (χ3v) is 5.33. The number of anilines is 1. The van der Waals surface area contributed by atoms with Gasteiger partial charge in [0.05, 0.1) is 22.2 Å². The molecule has 11 heteroatoms. The fourth-order valence-corrected chi connectivity index (χ4v) is 3.50. The molecule has 6 nitrogen and oxygen atoms in total. The molecule has 2 aromatic carbocycles. The zero-order valence-electron chi connectivity index (χ0n) is 16.1. The minimum absolute atomic E-state index is 0.104. The highest BCUT2D eigenvalue weighted by Crippen LogP contribution is 2.29. The van der Waals surface area contributed by atoms with Crippen molar-refractivity contribution in [3.05, 3.63) is 53.1 Å². The number of halogens is 4. The minimum Gasteiger partial charge on any atom is -0.492 e. The highest BCUT2D eigenvalue weighted by atomic mass is 35.5. The van der Waals surface area contributed by atoms with E-state index >= 15 is 0 Å². The Morgan fingerprint density at radius 2 is 1.77 bits per heavy atom. The van der Waals surface area contributed by atoms with Crippen LogP contribution in [0.1, 0.15) is 24.2 Å². The third-order valence-electron chi connectivity index (χ3n) is 3.63. The molecule has 2 N–H and O–H groups in total. The topological polar surface area (TPSA) is 84.5 Å². The zero-order valence-corrected chi connectivity index (χ0v) is 17.7. The number of rotatable bonds is 8. The number of amides is 1. The predicted octanol–water partition coefficient (Wildman–Crippen LogP) is 4.47. The van der Waals surface area contributed by atoms with Crippen LogP contribution in [0.4, 0.5) is 18.9 Å². The van der Waals surface area contributed by atoms with Gasteiger partial charge in [-0.25, -0.2) is 8.42 Å². The summed E-state index contributed by atoms with van der Waals surface area (Å²) in [5, 5.41) is 1.94. The summed E-state index contributed by atoms with van der Waals surface area (Å²) >= 11 is 6.12. The van der Waals surface area contributed by atoms with Gasteiger partial charge in [0.2, 0.25) is 0 Å². The Hall–Kier alpha value is -2.46. The summed E-state index contributed by atoms with van der Waals surface area (Å²) in [6, 6.07) is 8.90. The van der Waals surface area contributed by atoms with Crippen LogP contribution in [0.3, 0.4) is 0 Å². The lowest BCUT2D eigenvalue weighted by atomic mass is 10.2. The van der Waals surface area contributed by atoms with Crippen molar-refractivity contribution < 1.29 is 31.1 Å². The molecule has 0 unspecified atom stereocenters. The summed E-state index contributed by atoms with van der Waals surface area (Å²) in [4.78, 5) is 11.5. The first-order valence-corrected chi connectivity index (χ1v) is 10.6. The van der Waals surface area contributed by atoms with E-state index in [1.807, 2.05) is 13.8 Å². The van der Waals surface area contributed by atoms with Crippen molar-refractivity contribution in [2.45, 2.75) is 24.9 Å². The van der Waals surface area contributed by atoms with Crippen molar-refractivity contribution in [2.75, 3.05) is 17.9 Å². The molecule has 2 rings (SSSR count). The quantitative estimate of drug-likeness (QED) is 0.603. The van der Waals surface area contributed by atoms with Crippen molar-refractivity contribution in [1.82, 2.24) is 5.32 Å². The van der Waals surface area contributed by atoms with Crippen LogP contribution >= 0.6 is 11.6 Å². The number of benzene rings is 2. The largest absolute Gasteiger partial charge is 0.492 e. The lowest BCUT2D eigenvalue weighted by Crippen LogP contribution is -2.33. The molecule has 0 atom stereocenters. The molecule has 0 spiro atoms. The summed E-state index contributed by atoms with van der Waals surface area (Å²) < 4.78 is 69.4. The van der Waals surface area contributed by atoms with Gasteiger partial charge in [0, 0.05) is 5.56 Å². The Kier molecular flexibility index (Phi) is 7.59. The molecule has 0 radical (unpaired) electrons. The molecule has 30 heavy (non-hydrogen) atoms. The highest BCUT2D eigenvalue weighted by molar-refractivity contribution is 7.92. The van der Waals surface area contributed by atoms with E-state index in [-0.39, 0.29) is 27.1 Å². The van der Waals surface area contributed by atoms with Gasteiger partial charge in [-0.1, -0.05) is 25.4 Å². The van der Waals surface area contributed by atoms with Gasteiger partial charge in [-0.3, -0.25) is 9.52 Å². The molecular weight excluding hydrogens is 445 g/mol. The van der Waals surface area contributed by atoms with Gasteiger partial charge in [0.25, 0.3) is 15.9 Å². The van der Waals surface area contributed by atoms with E-state index in [9.17, 15) is 26.4 Å². The molecule has 0 heterocycles. The third kappa shape index (κ3) is 7.10. The van der Waals surface area contributed by atoms with Crippen molar-refractivity contribution in [2.24, 2.45) is 5.92 Å². The second-order valence-electron chi connectivity index (χ2n) is 6.78. The van der Waals surface area contributed by atoms with E-state index < -0.39 is 28.7 Å². The number of sulfonamides is 1. The molecule has 1 amide bonds. The molecule has 164 valence electrons. The monoisotopic (exact) mass is 464 g/mol. The van der Waals surface area contributed by atoms with Crippen LogP contribution in [0.2, 0.25) is 5.02 Å². The average Bonchev–Trinajstić information content (AvgIpc) is 2.64. The molecule has 2 aromatic rings. The summed E-state index contributed by atoms with van der Waals surface area (Å²) in [6.45, 7) is 2.92. The maximum absolute atomic E-state index is 12.5. The van der Waals surface area contributed by atoms with Crippen molar-refractivity contribution in [3.63, 3.8) is 0 Å². The SMILES string of the molecule is CC(C)COc1ccc(NS(=O)(=O)c2ccc(C(=O)NCC(F)(F)F)cc2)cc1Cl. The maximum atomic E-state index is 12.5. The van der Waals surface area contributed by atoms with Gasteiger partial charge in [0.1, 0.15) is 12.3 Å². The molecule has 0 bridgehead atoms. The van der Waals surface area contributed by atoms with E-state index in [4.69, 9.17) is 16.3 Å². The first-order chi connectivity index (χ1) is 13.9. The summed E-state index contributed by atoms with van der Waals surface area (Å²) in [7, 11) is -4.01. The number of ether oxygens (including phenoxy) is 1. The van der Waals surface area contributed by atoms with Crippen LogP contribution < -0.4 is 14.8 Å². The minimum atomic E-state index is -4.54. The Morgan fingerprint density at radius 1 is 1.13 bits per heavy atom. The zero-order chi connectivity index (χ0) is 22.5. The Morgan fingerprint density at radius 3 is 2.30 bits per heavy atom. The number of carbonyl (C=O) groups is 1. The van der Waals surface area contributed by atoms with Gasteiger partial charge in [-0.05, 0) is 48.4 Å².